The summed E-state index contributed by atoms with van der Waals surface area (Å²) in [5, 5.41) is 9.70. The minimum absolute atomic E-state index is 0.103. The van der Waals surface area contributed by atoms with Gasteiger partial charge in [0.2, 0.25) is 0 Å². The second-order valence-electron chi connectivity index (χ2n) is 6.06. The SMILES string of the molecule is CCCn1nc(C(=O)Nc2ccc(C(=O)NC3CC3)cc2)ccc1=O. The van der Waals surface area contributed by atoms with E-state index in [2.05, 4.69) is 15.7 Å². The number of anilines is 1. The molecule has 3 rings (SSSR count). The van der Waals surface area contributed by atoms with Crippen LogP contribution in [-0.4, -0.2) is 27.6 Å². The van der Waals surface area contributed by atoms with E-state index in [-0.39, 0.29) is 17.2 Å². The number of aryl methyl sites for hydroxylation is 1. The number of carbonyl (C=O) groups excluding carboxylic acids is 2. The molecule has 2 amide bonds. The van der Waals surface area contributed by atoms with Crippen molar-refractivity contribution >= 4 is 17.5 Å². The van der Waals surface area contributed by atoms with Crippen molar-refractivity contribution in [2.75, 3.05) is 5.32 Å². The molecule has 130 valence electrons. The summed E-state index contributed by atoms with van der Waals surface area (Å²) in [6.07, 6.45) is 2.82. The van der Waals surface area contributed by atoms with Gasteiger partial charge in [0.1, 0.15) is 5.69 Å². The van der Waals surface area contributed by atoms with Gasteiger partial charge in [-0.1, -0.05) is 6.92 Å². The molecule has 1 heterocycles. The molecule has 0 saturated heterocycles. The molecule has 1 aliphatic carbocycles. The molecule has 2 aromatic rings. The van der Waals surface area contributed by atoms with Gasteiger partial charge in [0.15, 0.2) is 0 Å². The van der Waals surface area contributed by atoms with Crippen molar-refractivity contribution in [2.45, 2.75) is 38.8 Å². The van der Waals surface area contributed by atoms with Crippen molar-refractivity contribution in [1.82, 2.24) is 15.1 Å². The first-order valence-electron chi connectivity index (χ1n) is 8.37. The summed E-state index contributed by atoms with van der Waals surface area (Å²) in [6, 6.07) is 9.71. The first-order valence-corrected chi connectivity index (χ1v) is 8.37. The third-order valence-electron chi connectivity index (χ3n) is 3.85. The van der Waals surface area contributed by atoms with Crippen molar-refractivity contribution in [2.24, 2.45) is 0 Å². The Bertz CT molecular complexity index is 838. The van der Waals surface area contributed by atoms with Crippen LogP contribution < -0.4 is 16.2 Å². The van der Waals surface area contributed by atoms with Crippen LogP contribution in [0.4, 0.5) is 5.69 Å². The van der Waals surface area contributed by atoms with Crippen LogP contribution in [0.15, 0.2) is 41.2 Å². The Hall–Kier alpha value is -2.96. The number of rotatable bonds is 6. The van der Waals surface area contributed by atoms with Crippen LogP contribution in [0.3, 0.4) is 0 Å². The van der Waals surface area contributed by atoms with Crippen molar-refractivity contribution in [1.29, 1.82) is 0 Å². The zero-order valence-corrected chi connectivity index (χ0v) is 14.0. The molecular formula is C18H20N4O3. The third kappa shape index (κ3) is 4.32. The highest BCUT2D eigenvalue weighted by atomic mass is 16.2. The molecule has 1 aromatic heterocycles. The van der Waals surface area contributed by atoms with Crippen molar-refractivity contribution in [3.63, 3.8) is 0 Å². The fraction of sp³-hybridized carbons (Fsp3) is 0.333. The molecule has 0 unspecified atom stereocenters. The summed E-state index contributed by atoms with van der Waals surface area (Å²) in [4.78, 5) is 35.9. The highest BCUT2D eigenvalue weighted by Crippen LogP contribution is 2.19. The van der Waals surface area contributed by atoms with Gasteiger partial charge in [-0.2, -0.15) is 5.10 Å². The van der Waals surface area contributed by atoms with E-state index in [1.54, 1.807) is 24.3 Å². The standard InChI is InChI=1S/C18H20N4O3/c1-2-11-22-16(23)10-9-15(21-22)18(25)20-13-5-3-12(4-6-13)17(24)19-14-7-8-14/h3-6,9-10,14H,2,7-8,11H2,1H3,(H,19,24)(H,20,25). The lowest BCUT2D eigenvalue weighted by molar-refractivity contribution is 0.0950. The van der Waals surface area contributed by atoms with Crippen LogP contribution in [0.5, 0.6) is 0 Å². The van der Waals surface area contributed by atoms with E-state index in [0.29, 0.717) is 23.8 Å². The van der Waals surface area contributed by atoms with Gasteiger partial charge in [-0.25, -0.2) is 4.68 Å². The average Bonchev–Trinajstić information content (AvgIpc) is 3.41. The highest BCUT2D eigenvalue weighted by Gasteiger charge is 2.23. The summed E-state index contributed by atoms with van der Waals surface area (Å²) < 4.78 is 1.28. The summed E-state index contributed by atoms with van der Waals surface area (Å²) in [6.45, 7) is 2.40. The Morgan fingerprint density at radius 3 is 2.48 bits per heavy atom. The van der Waals surface area contributed by atoms with E-state index in [4.69, 9.17) is 0 Å². The van der Waals surface area contributed by atoms with E-state index in [9.17, 15) is 14.4 Å². The van der Waals surface area contributed by atoms with Gasteiger partial charge in [0.05, 0.1) is 0 Å². The fourth-order valence-electron chi connectivity index (χ4n) is 2.34. The second kappa shape index (κ2) is 7.29. The average molecular weight is 340 g/mol. The van der Waals surface area contributed by atoms with Crippen molar-refractivity contribution in [3.05, 3.63) is 58.0 Å². The molecule has 0 bridgehead atoms. The zero-order valence-electron chi connectivity index (χ0n) is 14.0. The normalized spacial score (nSPS) is 13.3. The monoisotopic (exact) mass is 340 g/mol. The van der Waals surface area contributed by atoms with Gasteiger partial charge >= 0.3 is 0 Å². The number of hydrogen-bond acceptors (Lipinski definition) is 4. The lowest BCUT2D eigenvalue weighted by atomic mass is 10.2. The molecule has 2 N–H and O–H groups in total. The Morgan fingerprint density at radius 2 is 1.84 bits per heavy atom. The van der Waals surface area contributed by atoms with Gasteiger partial charge in [-0.3, -0.25) is 14.4 Å². The fourth-order valence-corrected chi connectivity index (χ4v) is 2.34. The van der Waals surface area contributed by atoms with Gasteiger partial charge in [0, 0.05) is 29.9 Å². The summed E-state index contributed by atoms with van der Waals surface area (Å²) in [5.74, 6) is -0.506. The van der Waals surface area contributed by atoms with Gasteiger partial charge < -0.3 is 10.6 Å². The van der Waals surface area contributed by atoms with Crippen LogP contribution in [-0.2, 0) is 6.54 Å². The van der Waals surface area contributed by atoms with Gasteiger partial charge in [-0.15, -0.1) is 0 Å². The number of amides is 2. The van der Waals surface area contributed by atoms with Crippen LogP contribution >= 0.6 is 0 Å². The van der Waals surface area contributed by atoms with Crippen LogP contribution in [0.2, 0.25) is 0 Å². The number of hydrogen-bond donors (Lipinski definition) is 2. The maximum Gasteiger partial charge on any atom is 0.276 e. The summed E-state index contributed by atoms with van der Waals surface area (Å²) in [5.41, 5.74) is 1.05. The lowest BCUT2D eigenvalue weighted by Crippen LogP contribution is -2.26. The van der Waals surface area contributed by atoms with Crippen LogP contribution in [0.1, 0.15) is 47.0 Å². The molecule has 0 aliphatic heterocycles. The molecule has 7 nitrogen and oxygen atoms in total. The first kappa shape index (κ1) is 16.9. The van der Waals surface area contributed by atoms with E-state index < -0.39 is 5.91 Å². The summed E-state index contributed by atoms with van der Waals surface area (Å²) >= 11 is 0. The Balaban J connectivity index is 1.67. The molecule has 0 spiro atoms. The number of nitrogens with one attached hydrogen (secondary N) is 2. The predicted molar refractivity (Wildman–Crippen MR) is 93.7 cm³/mol. The lowest BCUT2D eigenvalue weighted by Gasteiger charge is -2.08. The quantitative estimate of drug-likeness (QED) is 0.838. The second-order valence-corrected chi connectivity index (χ2v) is 6.06. The van der Waals surface area contributed by atoms with E-state index >= 15 is 0 Å². The topological polar surface area (TPSA) is 93.1 Å². The van der Waals surface area contributed by atoms with Crippen molar-refractivity contribution < 1.29 is 9.59 Å². The number of aromatic nitrogens is 2. The van der Waals surface area contributed by atoms with E-state index in [1.165, 1.54) is 16.8 Å². The molecule has 7 heteroatoms. The van der Waals surface area contributed by atoms with Crippen LogP contribution in [0.25, 0.3) is 0 Å². The minimum atomic E-state index is -0.403. The summed E-state index contributed by atoms with van der Waals surface area (Å²) in [7, 11) is 0. The molecular weight excluding hydrogens is 320 g/mol. The number of carbonyl (C=O) groups is 2. The molecule has 0 atom stereocenters. The third-order valence-corrected chi connectivity index (χ3v) is 3.85. The van der Waals surface area contributed by atoms with E-state index in [0.717, 1.165) is 19.3 Å². The van der Waals surface area contributed by atoms with Crippen molar-refractivity contribution in [3.8, 4) is 0 Å². The maximum atomic E-state index is 12.3. The largest absolute Gasteiger partial charge is 0.349 e. The highest BCUT2D eigenvalue weighted by molar-refractivity contribution is 6.03. The predicted octanol–water partition coefficient (Wildman–Crippen LogP) is 1.80. The molecule has 1 aromatic carbocycles. The number of benzene rings is 1. The maximum absolute atomic E-state index is 12.3. The minimum Gasteiger partial charge on any atom is -0.349 e. The molecule has 1 aliphatic rings. The smallest absolute Gasteiger partial charge is 0.276 e. The van der Waals surface area contributed by atoms with Gasteiger partial charge in [0.25, 0.3) is 17.4 Å². The first-order chi connectivity index (χ1) is 12.1. The Labute approximate surface area is 145 Å². The molecule has 25 heavy (non-hydrogen) atoms. The van der Waals surface area contributed by atoms with E-state index in [1.807, 2.05) is 6.92 Å². The molecule has 0 radical (unpaired) electrons. The Kier molecular flexibility index (Phi) is 4.92. The van der Waals surface area contributed by atoms with Crippen LogP contribution in [0, 0.1) is 0 Å². The van der Waals surface area contributed by atoms with Gasteiger partial charge in [-0.05, 0) is 49.6 Å². The zero-order chi connectivity index (χ0) is 17.8. The molecule has 1 fully saturated rings. The Morgan fingerprint density at radius 1 is 1.12 bits per heavy atom. The molecule has 1 saturated carbocycles. The number of nitrogens with zero attached hydrogens (tertiary/aromatic N) is 2.